The van der Waals surface area contributed by atoms with E-state index in [1.807, 2.05) is 17.8 Å². The summed E-state index contributed by atoms with van der Waals surface area (Å²) in [6.45, 7) is 1.82. The molecule has 5 rings (SSSR count). The second kappa shape index (κ2) is 5.64. The molecule has 1 aliphatic carbocycles. The van der Waals surface area contributed by atoms with Crippen LogP contribution in [0.15, 0.2) is 30.3 Å². The van der Waals surface area contributed by atoms with Crippen LogP contribution < -0.4 is 4.90 Å². The number of carbonyl (C=O) groups is 2. The summed E-state index contributed by atoms with van der Waals surface area (Å²) in [5.74, 6) is 1.86. The van der Waals surface area contributed by atoms with Crippen molar-refractivity contribution in [1.29, 1.82) is 0 Å². The van der Waals surface area contributed by atoms with Gasteiger partial charge in [0.2, 0.25) is 0 Å². The zero-order chi connectivity index (χ0) is 17.0. The van der Waals surface area contributed by atoms with Crippen molar-refractivity contribution < 1.29 is 9.59 Å². The first kappa shape index (κ1) is 15.0. The molecule has 1 fully saturated rings. The van der Waals surface area contributed by atoms with E-state index in [0.29, 0.717) is 27.8 Å². The number of ketones is 2. The molecule has 0 atom stereocenters. The van der Waals surface area contributed by atoms with Gasteiger partial charge in [-0.25, -0.2) is 0 Å². The molecule has 5 nitrogen and oxygen atoms in total. The van der Waals surface area contributed by atoms with Gasteiger partial charge in [-0.2, -0.15) is 20.5 Å². The molecule has 0 amide bonds. The van der Waals surface area contributed by atoms with Crippen LogP contribution in [0, 0.1) is 0 Å². The Morgan fingerprint density at radius 1 is 0.880 bits per heavy atom. The lowest BCUT2D eigenvalue weighted by Gasteiger charge is -2.29. The molecular formula is C18H13N3O2S2. The van der Waals surface area contributed by atoms with Gasteiger partial charge in [0.15, 0.2) is 11.6 Å². The van der Waals surface area contributed by atoms with Crippen molar-refractivity contribution in [2.24, 2.45) is 0 Å². The first-order valence-corrected chi connectivity index (χ1v) is 9.94. The lowest BCUT2D eigenvalue weighted by atomic mass is 9.83. The highest BCUT2D eigenvalue weighted by Gasteiger charge is 2.34. The number of nitrogens with zero attached hydrogens (tertiary/aromatic N) is 3. The molecule has 124 valence electrons. The third-order valence-corrected chi connectivity index (χ3v) is 6.23. The molecule has 2 aliphatic rings. The first-order valence-electron chi connectivity index (χ1n) is 8.06. The number of hydrogen-bond acceptors (Lipinski definition) is 7. The van der Waals surface area contributed by atoms with Crippen LogP contribution in [0.25, 0.3) is 11.0 Å². The molecule has 0 spiro atoms. The van der Waals surface area contributed by atoms with Gasteiger partial charge in [-0.15, -0.1) is 0 Å². The molecule has 0 radical (unpaired) electrons. The van der Waals surface area contributed by atoms with Gasteiger partial charge in [0.25, 0.3) is 0 Å². The van der Waals surface area contributed by atoms with Crippen LogP contribution in [0.2, 0.25) is 0 Å². The van der Waals surface area contributed by atoms with Crippen molar-refractivity contribution in [3.8, 4) is 0 Å². The summed E-state index contributed by atoms with van der Waals surface area (Å²) in [4.78, 5) is 28.3. The third kappa shape index (κ3) is 2.15. The minimum absolute atomic E-state index is 0.104. The number of thioether (sulfide) groups is 1. The largest absolute Gasteiger partial charge is 0.368 e. The Morgan fingerprint density at radius 3 is 2.32 bits per heavy atom. The van der Waals surface area contributed by atoms with Crippen molar-refractivity contribution in [2.45, 2.75) is 0 Å². The third-order valence-electron chi connectivity index (χ3n) is 4.76. The Kier molecular flexibility index (Phi) is 3.39. The molecule has 0 unspecified atom stereocenters. The molecule has 25 heavy (non-hydrogen) atoms. The minimum Gasteiger partial charge on any atom is -0.368 e. The number of aromatic nitrogens is 2. The molecular weight excluding hydrogens is 354 g/mol. The van der Waals surface area contributed by atoms with E-state index >= 15 is 0 Å². The fourth-order valence-corrected chi connectivity index (χ4v) is 5.00. The summed E-state index contributed by atoms with van der Waals surface area (Å²) >= 11 is 3.02. The van der Waals surface area contributed by atoms with Crippen LogP contribution >= 0.6 is 23.5 Å². The molecule has 1 aliphatic heterocycles. The average molecular weight is 367 g/mol. The second-order valence-electron chi connectivity index (χ2n) is 6.08. The summed E-state index contributed by atoms with van der Waals surface area (Å²) in [6, 6.07) is 8.86. The molecule has 3 aromatic rings. The van der Waals surface area contributed by atoms with E-state index in [0.717, 1.165) is 47.5 Å². The van der Waals surface area contributed by atoms with Crippen LogP contribution in [0.3, 0.4) is 0 Å². The summed E-state index contributed by atoms with van der Waals surface area (Å²) in [5.41, 5.74) is 4.00. The molecule has 1 saturated heterocycles. The summed E-state index contributed by atoms with van der Waals surface area (Å²) < 4.78 is 8.81. The van der Waals surface area contributed by atoms with Gasteiger partial charge in [0.1, 0.15) is 11.0 Å². The molecule has 1 aromatic heterocycles. The van der Waals surface area contributed by atoms with Crippen molar-refractivity contribution in [3.05, 3.63) is 52.6 Å². The molecule has 2 aromatic carbocycles. The Bertz CT molecular complexity index is 1040. The van der Waals surface area contributed by atoms with Gasteiger partial charge in [-0.3, -0.25) is 9.59 Å². The van der Waals surface area contributed by atoms with Crippen LogP contribution in [-0.4, -0.2) is 44.9 Å². The normalized spacial score (nSPS) is 16.9. The van der Waals surface area contributed by atoms with Crippen LogP contribution in [0.4, 0.5) is 5.69 Å². The van der Waals surface area contributed by atoms with E-state index in [1.165, 1.54) is 0 Å². The lowest BCUT2D eigenvalue weighted by Crippen LogP contribution is -2.33. The molecule has 7 heteroatoms. The SMILES string of the molecule is O=C1c2ccccc2C(=O)c2c1cc(N1CCSCC1)c1nsnc21. The van der Waals surface area contributed by atoms with Gasteiger partial charge in [0.05, 0.1) is 23.0 Å². The number of fused-ring (bicyclic) bond motifs is 4. The molecule has 0 N–H and O–H groups in total. The zero-order valence-electron chi connectivity index (χ0n) is 13.2. The van der Waals surface area contributed by atoms with Crippen LogP contribution in [0.1, 0.15) is 31.8 Å². The lowest BCUT2D eigenvalue weighted by molar-refractivity contribution is 0.0980. The van der Waals surface area contributed by atoms with E-state index in [4.69, 9.17) is 0 Å². The zero-order valence-corrected chi connectivity index (χ0v) is 14.8. The summed E-state index contributed by atoms with van der Waals surface area (Å²) in [6.07, 6.45) is 0. The van der Waals surface area contributed by atoms with E-state index in [1.54, 1.807) is 24.3 Å². The van der Waals surface area contributed by atoms with E-state index in [2.05, 4.69) is 13.6 Å². The maximum atomic E-state index is 13.0. The first-order chi connectivity index (χ1) is 12.3. The standard InChI is InChI=1S/C18H13N3O2S2/c22-17-10-3-1-2-4-11(10)18(23)14-12(17)9-13(15-16(14)20-25-19-15)21-5-7-24-8-6-21/h1-4,9H,5-8H2. The number of rotatable bonds is 1. The quantitative estimate of drug-likeness (QED) is 0.515. The molecule has 2 heterocycles. The maximum absolute atomic E-state index is 13.0. The predicted molar refractivity (Wildman–Crippen MR) is 100 cm³/mol. The van der Waals surface area contributed by atoms with Crippen LogP contribution in [-0.2, 0) is 0 Å². The topological polar surface area (TPSA) is 63.2 Å². The molecule has 0 bridgehead atoms. The van der Waals surface area contributed by atoms with Crippen molar-refractivity contribution in [2.75, 3.05) is 29.5 Å². The fourth-order valence-electron chi connectivity index (χ4n) is 3.54. The highest BCUT2D eigenvalue weighted by atomic mass is 32.2. The maximum Gasteiger partial charge on any atom is 0.196 e. The number of benzene rings is 2. The fraction of sp³-hybridized carbons (Fsp3) is 0.222. The highest BCUT2D eigenvalue weighted by molar-refractivity contribution is 7.99. The second-order valence-corrected chi connectivity index (χ2v) is 7.84. The van der Waals surface area contributed by atoms with E-state index in [-0.39, 0.29) is 11.6 Å². The predicted octanol–water partition coefficient (Wildman–Crippen LogP) is 3.02. The van der Waals surface area contributed by atoms with Crippen molar-refractivity contribution >= 4 is 51.8 Å². The van der Waals surface area contributed by atoms with Crippen LogP contribution in [0.5, 0.6) is 0 Å². The monoisotopic (exact) mass is 367 g/mol. The number of carbonyl (C=O) groups excluding carboxylic acids is 2. The highest BCUT2D eigenvalue weighted by Crippen LogP contribution is 2.37. The minimum atomic E-state index is -0.136. The Morgan fingerprint density at radius 2 is 1.56 bits per heavy atom. The van der Waals surface area contributed by atoms with E-state index < -0.39 is 0 Å². The smallest absolute Gasteiger partial charge is 0.196 e. The van der Waals surface area contributed by atoms with Gasteiger partial charge >= 0.3 is 0 Å². The Hall–Kier alpha value is -2.25. The van der Waals surface area contributed by atoms with Gasteiger partial charge in [-0.1, -0.05) is 24.3 Å². The van der Waals surface area contributed by atoms with E-state index in [9.17, 15) is 9.59 Å². The number of hydrogen-bond donors (Lipinski definition) is 0. The van der Waals surface area contributed by atoms with Gasteiger partial charge < -0.3 is 4.90 Å². The van der Waals surface area contributed by atoms with Crippen molar-refractivity contribution in [1.82, 2.24) is 8.75 Å². The summed E-state index contributed by atoms with van der Waals surface area (Å²) in [5, 5.41) is 0. The van der Waals surface area contributed by atoms with Gasteiger partial charge in [-0.05, 0) is 6.07 Å². The number of anilines is 1. The Balaban J connectivity index is 1.78. The molecule has 0 saturated carbocycles. The summed E-state index contributed by atoms with van der Waals surface area (Å²) in [7, 11) is 0. The van der Waals surface area contributed by atoms with Crippen molar-refractivity contribution in [3.63, 3.8) is 0 Å². The Labute approximate surface area is 152 Å². The average Bonchev–Trinajstić information content (AvgIpc) is 3.15. The van der Waals surface area contributed by atoms with Gasteiger partial charge in [0, 0.05) is 41.3 Å².